The number of halogens is 1. The Morgan fingerprint density at radius 3 is 2.83 bits per heavy atom. The van der Waals surface area contributed by atoms with Crippen LogP contribution in [0.25, 0.3) is 11.0 Å². The highest BCUT2D eigenvalue weighted by atomic mass is 35.5. The van der Waals surface area contributed by atoms with Gasteiger partial charge in [-0.25, -0.2) is 4.68 Å². The molecule has 0 saturated carbocycles. The van der Waals surface area contributed by atoms with E-state index in [-0.39, 0.29) is 5.91 Å². The number of fused-ring (bicyclic) bond motifs is 1. The fourth-order valence-electron chi connectivity index (χ4n) is 3.10. The Labute approximate surface area is 173 Å². The van der Waals surface area contributed by atoms with E-state index in [0.717, 1.165) is 22.4 Å². The second kappa shape index (κ2) is 7.93. The van der Waals surface area contributed by atoms with Crippen LogP contribution in [0.1, 0.15) is 21.5 Å². The molecule has 1 amide bonds. The summed E-state index contributed by atoms with van der Waals surface area (Å²) >= 11 is 6.03. The molecule has 7 heteroatoms. The molecule has 0 bridgehead atoms. The summed E-state index contributed by atoms with van der Waals surface area (Å²) in [6, 6.07) is 18.6. The second-order valence-corrected chi connectivity index (χ2v) is 7.15. The van der Waals surface area contributed by atoms with Gasteiger partial charge in [-0.05, 0) is 60.5 Å². The Hall–Kier alpha value is -3.38. The van der Waals surface area contributed by atoms with Gasteiger partial charge in [-0.1, -0.05) is 35.0 Å². The molecule has 0 aliphatic rings. The van der Waals surface area contributed by atoms with Crippen molar-refractivity contribution in [1.82, 2.24) is 15.0 Å². The monoisotopic (exact) mass is 406 g/mol. The smallest absolute Gasteiger partial charge is 0.255 e. The van der Waals surface area contributed by atoms with Crippen molar-refractivity contribution in [3.63, 3.8) is 0 Å². The van der Waals surface area contributed by atoms with Gasteiger partial charge < -0.3 is 10.1 Å². The normalized spacial score (nSPS) is 10.9. The Balaban J connectivity index is 1.57. The number of aromatic nitrogens is 3. The number of nitrogens with zero attached hydrogens (tertiary/aromatic N) is 3. The fraction of sp³-hybridized carbons (Fsp3) is 0.136. The lowest BCUT2D eigenvalue weighted by Crippen LogP contribution is -2.12. The second-order valence-electron chi connectivity index (χ2n) is 6.72. The molecule has 1 N–H and O–H groups in total. The first-order chi connectivity index (χ1) is 14.0. The summed E-state index contributed by atoms with van der Waals surface area (Å²) in [7, 11) is 1.64. The van der Waals surface area contributed by atoms with Gasteiger partial charge in [0.2, 0.25) is 0 Å². The number of aryl methyl sites for hydroxylation is 1. The highest BCUT2D eigenvalue weighted by molar-refractivity contribution is 6.31. The first-order valence-corrected chi connectivity index (χ1v) is 9.45. The number of hydrogen-bond acceptors (Lipinski definition) is 4. The van der Waals surface area contributed by atoms with Crippen LogP contribution in [0.4, 0.5) is 5.69 Å². The lowest BCUT2D eigenvalue weighted by Gasteiger charge is -2.09. The minimum absolute atomic E-state index is 0.223. The SMILES string of the molecule is COc1cccc(Cn2nnc3cc(C(=O)Nc4cc(Cl)ccc4C)ccc32)c1. The summed E-state index contributed by atoms with van der Waals surface area (Å²) in [5.74, 6) is 0.571. The van der Waals surface area contributed by atoms with Crippen LogP contribution in [0.2, 0.25) is 5.02 Å². The molecule has 146 valence electrons. The quantitative estimate of drug-likeness (QED) is 0.521. The van der Waals surface area contributed by atoms with Crippen LogP contribution in [0, 0.1) is 6.92 Å². The number of carbonyl (C=O) groups excluding carboxylic acids is 1. The first kappa shape index (κ1) is 19.0. The van der Waals surface area contributed by atoms with E-state index < -0.39 is 0 Å². The minimum atomic E-state index is -0.223. The van der Waals surface area contributed by atoms with E-state index in [1.807, 2.05) is 43.3 Å². The average molecular weight is 407 g/mol. The van der Waals surface area contributed by atoms with Gasteiger partial charge in [-0.15, -0.1) is 5.10 Å². The molecule has 6 nitrogen and oxygen atoms in total. The molecule has 0 saturated heterocycles. The van der Waals surface area contributed by atoms with Crippen molar-refractivity contribution < 1.29 is 9.53 Å². The number of anilines is 1. The molecule has 0 atom stereocenters. The standard InChI is InChI=1S/C22H19ClN4O2/c1-14-6-8-17(23)12-19(14)24-22(28)16-7-9-21-20(11-16)25-26-27(21)13-15-4-3-5-18(10-15)29-2/h3-12H,13H2,1-2H3,(H,24,28). The predicted octanol–water partition coefficient (Wildman–Crippen LogP) is 4.70. The molecule has 4 aromatic rings. The molecular weight excluding hydrogens is 388 g/mol. The van der Waals surface area contributed by atoms with Gasteiger partial charge >= 0.3 is 0 Å². The van der Waals surface area contributed by atoms with Gasteiger partial charge in [0.15, 0.2) is 0 Å². The summed E-state index contributed by atoms with van der Waals surface area (Å²) < 4.78 is 7.07. The van der Waals surface area contributed by atoms with E-state index in [1.54, 1.807) is 36.1 Å². The summed E-state index contributed by atoms with van der Waals surface area (Å²) in [5, 5.41) is 11.9. The number of amides is 1. The molecule has 0 unspecified atom stereocenters. The maximum atomic E-state index is 12.7. The van der Waals surface area contributed by atoms with Crippen molar-refractivity contribution in [1.29, 1.82) is 0 Å². The maximum absolute atomic E-state index is 12.7. The summed E-state index contributed by atoms with van der Waals surface area (Å²) in [6.45, 7) is 2.47. The zero-order valence-electron chi connectivity index (χ0n) is 16.0. The molecule has 0 aliphatic carbocycles. The van der Waals surface area contributed by atoms with Gasteiger partial charge in [-0.3, -0.25) is 4.79 Å². The number of ether oxygens (including phenoxy) is 1. The summed E-state index contributed by atoms with van der Waals surface area (Å²) in [6.07, 6.45) is 0. The van der Waals surface area contributed by atoms with Crippen molar-refractivity contribution in [2.75, 3.05) is 12.4 Å². The molecule has 0 fully saturated rings. The topological polar surface area (TPSA) is 69.0 Å². The fourth-order valence-corrected chi connectivity index (χ4v) is 3.27. The number of carbonyl (C=O) groups is 1. The van der Waals surface area contributed by atoms with Gasteiger partial charge in [0, 0.05) is 16.3 Å². The van der Waals surface area contributed by atoms with Crippen LogP contribution < -0.4 is 10.1 Å². The lowest BCUT2D eigenvalue weighted by molar-refractivity contribution is 0.102. The van der Waals surface area contributed by atoms with E-state index in [0.29, 0.717) is 28.3 Å². The third-order valence-electron chi connectivity index (χ3n) is 4.69. The van der Waals surface area contributed by atoms with E-state index in [4.69, 9.17) is 16.3 Å². The molecule has 0 spiro atoms. The van der Waals surface area contributed by atoms with Crippen LogP contribution >= 0.6 is 11.6 Å². The van der Waals surface area contributed by atoms with Crippen LogP contribution in [0.5, 0.6) is 5.75 Å². The highest BCUT2D eigenvalue weighted by Gasteiger charge is 2.12. The van der Waals surface area contributed by atoms with Crippen molar-refractivity contribution >= 4 is 34.2 Å². The van der Waals surface area contributed by atoms with E-state index in [1.165, 1.54) is 0 Å². The van der Waals surface area contributed by atoms with Crippen LogP contribution in [0.3, 0.4) is 0 Å². The molecule has 0 radical (unpaired) electrons. The van der Waals surface area contributed by atoms with Crippen molar-refractivity contribution in [3.05, 3.63) is 82.4 Å². The van der Waals surface area contributed by atoms with E-state index >= 15 is 0 Å². The molecule has 4 rings (SSSR count). The summed E-state index contributed by atoms with van der Waals surface area (Å²) in [4.78, 5) is 12.7. The Kier molecular flexibility index (Phi) is 5.18. The van der Waals surface area contributed by atoms with Gasteiger partial charge in [0.25, 0.3) is 5.91 Å². The number of hydrogen-bond donors (Lipinski definition) is 1. The molecule has 0 aliphatic heterocycles. The Morgan fingerprint density at radius 2 is 2.00 bits per heavy atom. The number of methoxy groups -OCH3 is 1. The van der Waals surface area contributed by atoms with Crippen molar-refractivity contribution in [3.8, 4) is 5.75 Å². The third kappa shape index (κ3) is 4.07. The van der Waals surface area contributed by atoms with Gasteiger partial charge in [0.05, 0.1) is 19.2 Å². The van der Waals surface area contributed by atoms with Gasteiger partial charge in [0.1, 0.15) is 11.3 Å². The van der Waals surface area contributed by atoms with Crippen molar-refractivity contribution in [2.24, 2.45) is 0 Å². The van der Waals surface area contributed by atoms with Gasteiger partial charge in [-0.2, -0.15) is 0 Å². The molecule has 1 heterocycles. The molecule has 3 aromatic carbocycles. The number of nitrogens with one attached hydrogen (secondary N) is 1. The van der Waals surface area contributed by atoms with Crippen LogP contribution in [-0.2, 0) is 6.54 Å². The largest absolute Gasteiger partial charge is 0.497 e. The Morgan fingerprint density at radius 1 is 1.14 bits per heavy atom. The molecule has 1 aromatic heterocycles. The van der Waals surface area contributed by atoms with Crippen LogP contribution in [0.15, 0.2) is 60.7 Å². The van der Waals surface area contributed by atoms with Crippen molar-refractivity contribution in [2.45, 2.75) is 13.5 Å². The number of rotatable bonds is 5. The highest BCUT2D eigenvalue weighted by Crippen LogP contribution is 2.22. The third-order valence-corrected chi connectivity index (χ3v) is 4.93. The van der Waals surface area contributed by atoms with Crippen LogP contribution in [-0.4, -0.2) is 28.0 Å². The summed E-state index contributed by atoms with van der Waals surface area (Å²) in [5.41, 5.74) is 4.68. The van der Waals surface area contributed by atoms with E-state index in [2.05, 4.69) is 15.6 Å². The lowest BCUT2D eigenvalue weighted by atomic mass is 10.1. The first-order valence-electron chi connectivity index (χ1n) is 9.07. The minimum Gasteiger partial charge on any atom is -0.497 e. The average Bonchev–Trinajstić information content (AvgIpc) is 3.13. The predicted molar refractivity (Wildman–Crippen MR) is 114 cm³/mol. The maximum Gasteiger partial charge on any atom is 0.255 e. The van der Waals surface area contributed by atoms with E-state index in [9.17, 15) is 4.79 Å². The number of benzene rings is 3. The zero-order valence-corrected chi connectivity index (χ0v) is 16.8. The Bertz CT molecular complexity index is 1200. The molecular formula is C22H19ClN4O2. The molecule has 29 heavy (non-hydrogen) atoms. The zero-order chi connectivity index (χ0) is 20.4.